The maximum Gasteiger partial charge on any atom is 0.0641 e. The van der Waals surface area contributed by atoms with E-state index in [0.29, 0.717) is 10.7 Å². The minimum absolute atomic E-state index is 0.563. The Morgan fingerprint density at radius 1 is 1.62 bits per heavy atom. The van der Waals surface area contributed by atoms with Crippen LogP contribution in [-0.2, 0) is 0 Å². The third-order valence-electron chi connectivity index (χ3n) is 0.845. The third-order valence-corrected chi connectivity index (χ3v) is 1.17. The number of rotatable bonds is 0. The van der Waals surface area contributed by atoms with Gasteiger partial charge < -0.3 is 5.73 Å². The molecule has 0 atom stereocenters. The van der Waals surface area contributed by atoms with Crippen molar-refractivity contribution in [3.63, 3.8) is 0 Å². The van der Waals surface area contributed by atoms with E-state index in [0.717, 1.165) is 0 Å². The highest BCUT2D eigenvalue weighted by Crippen LogP contribution is 2.15. The molecule has 1 nitrogen and oxygen atoms in total. The van der Waals surface area contributed by atoms with Gasteiger partial charge in [0.15, 0.2) is 0 Å². The van der Waals surface area contributed by atoms with Gasteiger partial charge in [-0.15, -0.1) is 0 Å². The van der Waals surface area contributed by atoms with E-state index in [-0.39, 0.29) is 0 Å². The number of nitrogen functional groups attached to an aromatic ring is 1. The van der Waals surface area contributed by atoms with Crippen molar-refractivity contribution in [2.75, 3.05) is 5.73 Å². The van der Waals surface area contributed by atoms with Crippen LogP contribution >= 0.6 is 11.6 Å². The molecule has 0 spiro atoms. The lowest BCUT2D eigenvalue weighted by Gasteiger charge is -1.90. The molecule has 1 aromatic rings. The molecule has 0 aliphatic heterocycles. The summed E-state index contributed by atoms with van der Waals surface area (Å²) in [4.78, 5) is 0. The minimum Gasteiger partial charge on any atom is -0.398 e. The van der Waals surface area contributed by atoms with Crippen LogP contribution in [0.2, 0.25) is 5.02 Å². The lowest BCUT2D eigenvalue weighted by Crippen LogP contribution is -1.82. The van der Waals surface area contributed by atoms with Gasteiger partial charge in [-0.05, 0) is 18.2 Å². The number of halogens is 1. The van der Waals surface area contributed by atoms with Crippen LogP contribution in [0.15, 0.2) is 18.2 Å². The smallest absolute Gasteiger partial charge is 0.0641 e. The van der Waals surface area contributed by atoms with Crippen molar-refractivity contribution < 1.29 is 0 Å². The van der Waals surface area contributed by atoms with Gasteiger partial charge in [0.05, 0.1) is 10.7 Å². The topological polar surface area (TPSA) is 26.0 Å². The van der Waals surface area contributed by atoms with E-state index in [2.05, 4.69) is 6.07 Å². The van der Waals surface area contributed by atoms with E-state index in [1.807, 2.05) is 0 Å². The number of hydrogen-bond donors (Lipinski definition) is 1. The van der Waals surface area contributed by atoms with Crippen molar-refractivity contribution in [2.24, 2.45) is 0 Å². The molecule has 8 heavy (non-hydrogen) atoms. The molecule has 1 rings (SSSR count). The maximum absolute atomic E-state index is 5.55. The SMILES string of the molecule is Nc1cc[c]cc1Cl. The first-order valence-electron chi connectivity index (χ1n) is 2.22. The van der Waals surface area contributed by atoms with E-state index in [9.17, 15) is 0 Å². The normalized spacial score (nSPS) is 9.12. The molecule has 0 aliphatic rings. The molecule has 2 heteroatoms. The summed E-state index contributed by atoms with van der Waals surface area (Å²) in [5.41, 5.74) is 5.97. The van der Waals surface area contributed by atoms with Gasteiger partial charge in [-0.3, -0.25) is 0 Å². The first kappa shape index (κ1) is 5.45. The fraction of sp³-hybridized carbons (Fsp3) is 0. The summed E-state index contributed by atoms with van der Waals surface area (Å²) in [6, 6.07) is 7.86. The minimum atomic E-state index is 0.563. The van der Waals surface area contributed by atoms with Crippen molar-refractivity contribution in [1.29, 1.82) is 0 Å². The molecule has 0 unspecified atom stereocenters. The summed E-state index contributed by atoms with van der Waals surface area (Å²) >= 11 is 5.55. The van der Waals surface area contributed by atoms with Gasteiger partial charge in [0.1, 0.15) is 0 Å². The fourth-order valence-corrected chi connectivity index (χ4v) is 0.548. The Bertz CT molecular complexity index is 165. The van der Waals surface area contributed by atoms with E-state index in [4.69, 9.17) is 17.3 Å². The molecule has 2 N–H and O–H groups in total. The number of hydrogen-bond acceptors (Lipinski definition) is 1. The van der Waals surface area contributed by atoms with Gasteiger partial charge in [0, 0.05) is 0 Å². The Morgan fingerprint density at radius 3 is 2.75 bits per heavy atom. The fourth-order valence-electron chi connectivity index (χ4n) is 0.422. The maximum atomic E-state index is 5.55. The number of benzene rings is 1. The first-order chi connectivity index (χ1) is 3.80. The van der Waals surface area contributed by atoms with Crippen LogP contribution in [-0.4, -0.2) is 0 Å². The Balaban J connectivity index is 3.13. The third kappa shape index (κ3) is 0.928. The lowest BCUT2D eigenvalue weighted by molar-refractivity contribution is 1.67. The molecule has 0 aromatic heterocycles. The van der Waals surface area contributed by atoms with Gasteiger partial charge in [0.2, 0.25) is 0 Å². The average Bonchev–Trinajstić information content (AvgIpc) is 1.77. The summed E-state index contributed by atoms with van der Waals surface area (Å²) in [6.45, 7) is 0. The molecule has 0 saturated carbocycles. The number of anilines is 1. The van der Waals surface area contributed by atoms with Crippen LogP contribution in [0.1, 0.15) is 0 Å². The summed E-state index contributed by atoms with van der Waals surface area (Å²) in [5.74, 6) is 0. The van der Waals surface area contributed by atoms with E-state index in [1.165, 1.54) is 0 Å². The number of nitrogens with two attached hydrogens (primary N) is 1. The summed E-state index contributed by atoms with van der Waals surface area (Å²) in [7, 11) is 0. The molecule has 0 heterocycles. The van der Waals surface area contributed by atoms with Crippen molar-refractivity contribution >= 4 is 17.3 Å². The second kappa shape index (κ2) is 2.05. The largest absolute Gasteiger partial charge is 0.398 e. The Morgan fingerprint density at radius 2 is 2.38 bits per heavy atom. The van der Waals surface area contributed by atoms with E-state index >= 15 is 0 Å². The zero-order valence-corrected chi connectivity index (χ0v) is 4.94. The zero-order chi connectivity index (χ0) is 5.98. The van der Waals surface area contributed by atoms with Crippen LogP contribution in [0.3, 0.4) is 0 Å². The Labute approximate surface area is 53.1 Å². The van der Waals surface area contributed by atoms with Crippen LogP contribution < -0.4 is 5.73 Å². The highest BCUT2D eigenvalue weighted by Gasteiger charge is 1.87. The van der Waals surface area contributed by atoms with E-state index < -0.39 is 0 Å². The van der Waals surface area contributed by atoms with Gasteiger partial charge in [0.25, 0.3) is 0 Å². The van der Waals surface area contributed by atoms with Gasteiger partial charge in [-0.2, -0.15) is 0 Å². The molecule has 41 valence electrons. The van der Waals surface area contributed by atoms with Crippen molar-refractivity contribution in [1.82, 2.24) is 0 Å². The predicted octanol–water partition coefficient (Wildman–Crippen LogP) is 1.72. The standard InChI is InChI=1S/C6H5ClN/c7-5-3-1-2-4-6(5)8/h2-4H,8H2. The van der Waals surface area contributed by atoms with Gasteiger partial charge >= 0.3 is 0 Å². The molecule has 0 aliphatic carbocycles. The predicted molar refractivity (Wildman–Crippen MR) is 34.7 cm³/mol. The van der Waals surface area contributed by atoms with Gasteiger partial charge in [-0.1, -0.05) is 17.7 Å². The molecule has 0 bridgehead atoms. The summed E-state index contributed by atoms with van der Waals surface area (Å²) in [5, 5.41) is 0.563. The Hall–Kier alpha value is -0.690. The molecular formula is C6H5ClN. The van der Waals surface area contributed by atoms with Crippen molar-refractivity contribution in [3.8, 4) is 0 Å². The molecule has 1 aromatic carbocycles. The van der Waals surface area contributed by atoms with Crippen LogP contribution in [0, 0.1) is 6.07 Å². The quantitative estimate of drug-likeness (QED) is 0.527. The average molecular weight is 127 g/mol. The first-order valence-corrected chi connectivity index (χ1v) is 2.59. The second-order valence-electron chi connectivity index (χ2n) is 1.45. The molecule has 1 radical (unpaired) electrons. The highest BCUT2D eigenvalue weighted by molar-refractivity contribution is 6.32. The zero-order valence-electron chi connectivity index (χ0n) is 4.19. The Kier molecular flexibility index (Phi) is 1.40. The second-order valence-corrected chi connectivity index (χ2v) is 1.85. The highest BCUT2D eigenvalue weighted by atomic mass is 35.5. The molecule has 0 amide bonds. The van der Waals surface area contributed by atoms with E-state index in [1.54, 1.807) is 18.2 Å². The van der Waals surface area contributed by atoms with Crippen LogP contribution in [0.5, 0.6) is 0 Å². The molecule has 0 fully saturated rings. The molecule has 0 saturated heterocycles. The summed E-state index contributed by atoms with van der Waals surface area (Å²) < 4.78 is 0. The summed E-state index contributed by atoms with van der Waals surface area (Å²) in [6.07, 6.45) is 0. The monoisotopic (exact) mass is 126 g/mol. The molecular weight excluding hydrogens is 122 g/mol. The van der Waals surface area contributed by atoms with Crippen LogP contribution in [0.4, 0.5) is 5.69 Å². The van der Waals surface area contributed by atoms with Crippen LogP contribution in [0.25, 0.3) is 0 Å². The van der Waals surface area contributed by atoms with Crippen molar-refractivity contribution in [3.05, 3.63) is 29.3 Å². The van der Waals surface area contributed by atoms with Gasteiger partial charge in [-0.25, -0.2) is 0 Å². The van der Waals surface area contributed by atoms with Crippen molar-refractivity contribution in [2.45, 2.75) is 0 Å². The lowest BCUT2D eigenvalue weighted by atomic mass is 10.3.